The van der Waals surface area contributed by atoms with Crippen molar-refractivity contribution in [3.8, 4) is 0 Å². The highest BCUT2D eigenvalue weighted by Gasteiger charge is 2.16. The van der Waals surface area contributed by atoms with Crippen LogP contribution in [0.25, 0.3) is 0 Å². The van der Waals surface area contributed by atoms with Crippen molar-refractivity contribution in [2.45, 2.75) is 12.8 Å². The van der Waals surface area contributed by atoms with Crippen LogP contribution < -0.4 is 15.5 Å². The van der Waals surface area contributed by atoms with Gasteiger partial charge >= 0.3 is 0 Å². The third kappa shape index (κ3) is 3.58. The molecular formula is C18H21N3O. The Hall–Kier alpha value is -2.49. The molecule has 1 aliphatic rings. The highest BCUT2D eigenvalue weighted by atomic mass is 16.1. The maximum Gasteiger partial charge on any atom is 0.243 e. The lowest BCUT2D eigenvalue weighted by atomic mass is 10.2. The molecule has 0 saturated carbocycles. The summed E-state index contributed by atoms with van der Waals surface area (Å²) in [6, 6.07) is 17.8. The number of rotatable bonds is 5. The van der Waals surface area contributed by atoms with E-state index in [-0.39, 0.29) is 12.5 Å². The van der Waals surface area contributed by atoms with Crippen LogP contribution in [0.4, 0.5) is 17.1 Å². The van der Waals surface area contributed by atoms with Gasteiger partial charge in [0.2, 0.25) is 5.91 Å². The summed E-state index contributed by atoms with van der Waals surface area (Å²) in [7, 11) is 0. The largest absolute Gasteiger partial charge is 0.376 e. The molecule has 22 heavy (non-hydrogen) atoms. The summed E-state index contributed by atoms with van der Waals surface area (Å²) in [5, 5.41) is 6.14. The van der Waals surface area contributed by atoms with Crippen LogP contribution in [0.5, 0.6) is 0 Å². The molecule has 0 bridgehead atoms. The summed E-state index contributed by atoms with van der Waals surface area (Å²) in [4.78, 5) is 14.5. The number of carbonyl (C=O) groups is 1. The second-order valence-corrected chi connectivity index (χ2v) is 5.48. The molecule has 2 N–H and O–H groups in total. The summed E-state index contributed by atoms with van der Waals surface area (Å²) in [5.74, 6) is -0.0319. The fourth-order valence-corrected chi connectivity index (χ4v) is 2.75. The number of para-hydroxylation sites is 3. The Morgan fingerprint density at radius 3 is 2.41 bits per heavy atom. The summed E-state index contributed by atoms with van der Waals surface area (Å²) >= 11 is 0. The Bertz CT molecular complexity index is 621. The Labute approximate surface area is 131 Å². The van der Waals surface area contributed by atoms with Crippen molar-refractivity contribution < 1.29 is 4.79 Å². The van der Waals surface area contributed by atoms with Crippen LogP contribution in [0.2, 0.25) is 0 Å². The average Bonchev–Trinajstić information content (AvgIpc) is 3.09. The van der Waals surface area contributed by atoms with Crippen molar-refractivity contribution in [3.05, 3.63) is 54.6 Å². The van der Waals surface area contributed by atoms with Gasteiger partial charge < -0.3 is 15.5 Å². The van der Waals surface area contributed by atoms with Gasteiger partial charge in [-0.1, -0.05) is 30.3 Å². The molecule has 0 radical (unpaired) electrons. The number of benzene rings is 2. The van der Waals surface area contributed by atoms with Crippen LogP contribution in [-0.4, -0.2) is 25.5 Å². The normalized spacial score (nSPS) is 13.9. The second kappa shape index (κ2) is 6.98. The average molecular weight is 295 g/mol. The van der Waals surface area contributed by atoms with Gasteiger partial charge in [-0.25, -0.2) is 0 Å². The van der Waals surface area contributed by atoms with Gasteiger partial charge in [-0.05, 0) is 37.1 Å². The number of anilines is 3. The standard InChI is InChI=1S/C18H21N3O/c22-18(14-19-15-8-2-1-3-9-15)20-16-10-4-5-11-17(16)21-12-6-7-13-21/h1-5,8-11,19H,6-7,12-14H2,(H,20,22). The molecule has 1 heterocycles. The van der Waals surface area contributed by atoms with E-state index in [2.05, 4.69) is 21.6 Å². The molecule has 1 aliphatic heterocycles. The summed E-state index contributed by atoms with van der Waals surface area (Å²) in [6.45, 7) is 2.39. The van der Waals surface area contributed by atoms with Crippen molar-refractivity contribution in [1.29, 1.82) is 0 Å². The highest BCUT2D eigenvalue weighted by Crippen LogP contribution is 2.28. The molecule has 0 aliphatic carbocycles. The first-order valence-electron chi connectivity index (χ1n) is 7.76. The Kier molecular flexibility index (Phi) is 4.59. The SMILES string of the molecule is O=C(CNc1ccccc1)Nc1ccccc1N1CCCC1. The highest BCUT2D eigenvalue weighted by molar-refractivity contribution is 5.96. The maximum atomic E-state index is 12.2. The number of nitrogens with zero attached hydrogens (tertiary/aromatic N) is 1. The molecule has 1 amide bonds. The van der Waals surface area contributed by atoms with Crippen LogP contribution in [-0.2, 0) is 4.79 Å². The van der Waals surface area contributed by atoms with Crippen molar-refractivity contribution in [2.75, 3.05) is 35.2 Å². The number of amides is 1. The van der Waals surface area contributed by atoms with Gasteiger partial charge in [-0.15, -0.1) is 0 Å². The second-order valence-electron chi connectivity index (χ2n) is 5.48. The van der Waals surface area contributed by atoms with Crippen molar-refractivity contribution >= 4 is 23.0 Å². The minimum Gasteiger partial charge on any atom is -0.376 e. The van der Waals surface area contributed by atoms with Crippen molar-refractivity contribution in [1.82, 2.24) is 0 Å². The van der Waals surface area contributed by atoms with E-state index in [1.54, 1.807) is 0 Å². The van der Waals surface area contributed by atoms with Crippen molar-refractivity contribution in [2.24, 2.45) is 0 Å². The first-order chi connectivity index (χ1) is 10.8. The van der Waals surface area contributed by atoms with Gasteiger partial charge in [-0.3, -0.25) is 4.79 Å². The lowest BCUT2D eigenvalue weighted by Crippen LogP contribution is -2.24. The van der Waals surface area contributed by atoms with E-state index in [1.165, 1.54) is 12.8 Å². The molecule has 0 spiro atoms. The molecule has 2 aromatic rings. The first-order valence-corrected chi connectivity index (χ1v) is 7.76. The van der Waals surface area contributed by atoms with Crippen LogP contribution in [0, 0.1) is 0 Å². The Morgan fingerprint density at radius 2 is 1.64 bits per heavy atom. The Balaban J connectivity index is 1.61. The summed E-state index contributed by atoms with van der Waals surface area (Å²) < 4.78 is 0. The number of nitrogens with one attached hydrogen (secondary N) is 2. The number of hydrogen-bond donors (Lipinski definition) is 2. The van der Waals surface area contributed by atoms with Crippen LogP contribution >= 0.6 is 0 Å². The van der Waals surface area contributed by atoms with Gasteiger partial charge in [0.1, 0.15) is 0 Å². The summed E-state index contributed by atoms with van der Waals surface area (Å²) in [6.07, 6.45) is 2.44. The lowest BCUT2D eigenvalue weighted by Gasteiger charge is -2.21. The van der Waals surface area contributed by atoms with E-state index < -0.39 is 0 Å². The molecule has 1 fully saturated rings. The summed E-state index contributed by atoms with van der Waals surface area (Å²) in [5.41, 5.74) is 2.96. The molecule has 0 unspecified atom stereocenters. The minimum atomic E-state index is -0.0319. The van der Waals surface area contributed by atoms with Crippen LogP contribution in [0.3, 0.4) is 0 Å². The first kappa shape index (κ1) is 14.4. The molecule has 2 aromatic carbocycles. The fourth-order valence-electron chi connectivity index (χ4n) is 2.75. The van der Waals surface area contributed by atoms with E-state index >= 15 is 0 Å². The quantitative estimate of drug-likeness (QED) is 0.889. The van der Waals surface area contributed by atoms with E-state index in [1.807, 2.05) is 48.5 Å². The van der Waals surface area contributed by atoms with E-state index in [4.69, 9.17) is 0 Å². The lowest BCUT2D eigenvalue weighted by molar-refractivity contribution is -0.114. The zero-order valence-electron chi connectivity index (χ0n) is 12.6. The number of hydrogen-bond acceptors (Lipinski definition) is 3. The van der Waals surface area contributed by atoms with Gasteiger partial charge in [0.25, 0.3) is 0 Å². The molecule has 114 valence electrons. The maximum absolute atomic E-state index is 12.2. The molecule has 4 nitrogen and oxygen atoms in total. The zero-order chi connectivity index (χ0) is 15.2. The third-order valence-corrected chi connectivity index (χ3v) is 3.85. The van der Waals surface area contributed by atoms with Crippen LogP contribution in [0.1, 0.15) is 12.8 Å². The molecule has 4 heteroatoms. The minimum absolute atomic E-state index is 0.0319. The smallest absolute Gasteiger partial charge is 0.243 e. The monoisotopic (exact) mass is 295 g/mol. The van der Waals surface area contributed by atoms with Gasteiger partial charge in [0, 0.05) is 18.8 Å². The van der Waals surface area contributed by atoms with E-state index in [0.717, 1.165) is 30.2 Å². The van der Waals surface area contributed by atoms with Gasteiger partial charge in [-0.2, -0.15) is 0 Å². The molecule has 0 atom stereocenters. The third-order valence-electron chi connectivity index (χ3n) is 3.85. The molecule has 1 saturated heterocycles. The Morgan fingerprint density at radius 1 is 0.955 bits per heavy atom. The molecule has 0 aromatic heterocycles. The molecule has 3 rings (SSSR count). The number of carbonyl (C=O) groups excluding carboxylic acids is 1. The fraction of sp³-hybridized carbons (Fsp3) is 0.278. The van der Waals surface area contributed by atoms with E-state index in [0.29, 0.717) is 0 Å². The van der Waals surface area contributed by atoms with Crippen molar-refractivity contribution in [3.63, 3.8) is 0 Å². The van der Waals surface area contributed by atoms with Gasteiger partial charge in [0.05, 0.1) is 17.9 Å². The molecular weight excluding hydrogens is 274 g/mol. The van der Waals surface area contributed by atoms with Gasteiger partial charge in [0.15, 0.2) is 0 Å². The zero-order valence-corrected chi connectivity index (χ0v) is 12.6. The predicted molar refractivity (Wildman–Crippen MR) is 91.5 cm³/mol. The predicted octanol–water partition coefficient (Wildman–Crippen LogP) is 3.34. The van der Waals surface area contributed by atoms with Crippen LogP contribution in [0.15, 0.2) is 54.6 Å². The topological polar surface area (TPSA) is 44.4 Å². The van der Waals surface area contributed by atoms with E-state index in [9.17, 15) is 4.79 Å².